The lowest BCUT2D eigenvalue weighted by atomic mass is 10.3. The van der Waals surface area contributed by atoms with Gasteiger partial charge in [-0.15, -0.1) is 0 Å². The van der Waals surface area contributed by atoms with Crippen molar-refractivity contribution in [3.05, 3.63) is 24.3 Å². The van der Waals surface area contributed by atoms with Gasteiger partial charge in [-0.3, -0.25) is 4.79 Å². The molecule has 1 aromatic rings. The lowest BCUT2D eigenvalue weighted by Gasteiger charge is -2.14. The maximum Gasteiger partial charge on any atom is 0.422 e. The fraction of sp³-hybridized carbons (Fsp3) is 0.417. The molecule has 0 aromatic heterocycles. The summed E-state index contributed by atoms with van der Waals surface area (Å²) in [5, 5.41) is 2.11. The van der Waals surface area contributed by atoms with E-state index in [-0.39, 0.29) is 11.4 Å². The Balaban J connectivity index is 2.56. The van der Waals surface area contributed by atoms with E-state index in [1.54, 1.807) is 0 Å². The van der Waals surface area contributed by atoms with E-state index < -0.39 is 38.1 Å². The molecular weight excluding hydrogens is 320 g/mol. The minimum Gasteiger partial charge on any atom is -0.482 e. The van der Waals surface area contributed by atoms with Crippen molar-refractivity contribution in [2.75, 3.05) is 25.1 Å². The number of hydrogen-bond acceptors (Lipinski definition) is 3. The zero-order chi connectivity index (χ0) is 16.8. The van der Waals surface area contributed by atoms with E-state index in [0.717, 1.165) is 0 Å². The third-order valence-corrected chi connectivity index (χ3v) is 2.05. The molecule has 4 nitrogen and oxygen atoms in total. The smallest absolute Gasteiger partial charge is 0.422 e. The summed E-state index contributed by atoms with van der Waals surface area (Å²) in [6.07, 6.45) is -9.14. The molecule has 0 radical (unpaired) electrons. The van der Waals surface area contributed by atoms with Crippen LogP contribution >= 0.6 is 0 Å². The fourth-order valence-electron chi connectivity index (χ4n) is 1.30. The molecule has 0 spiro atoms. The molecule has 0 aliphatic heterocycles. The van der Waals surface area contributed by atoms with Crippen LogP contribution in [-0.4, -0.2) is 38.1 Å². The van der Waals surface area contributed by atoms with Gasteiger partial charge in [0.15, 0.2) is 6.61 Å². The first-order valence-corrected chi connectivity index (χ1v) is 5.80. The van der Waals surface area contributed by atoms with Crippen LogP contribution < -0.4 is 10.1 Å². The summed E-state index contributed by atoms with van der Waals surface area (Å²) in [6, 6.07) is 5.21. The van der Waals surface area contributed by atoms with E-state index in [9.17, 15) is 31.1 Å². The van der Waals surface area contributed by atoms with Crippen molar-refractivity contribution in [1.82, 2.24) is 0 Å². The Morgan fingerprint density at radius 3 is 2.18 bits per heavy atom. The molecule has 0 heterocycles. The van der Waals surface area contributed by atoms with Crippen LogP contribution in [0.4, 0.5) is 32.0 Å². The van der Waals surface area contributed by atoms with Gasteiger partial charge in [-0.25, -0.2) is 0 Å². The summed E-state index contributed by atoms with van der Waals surface area (Å²) in [7, 11) is 0. The molecule has 1 amide bonds. The SMILES string of the molecule is O=C(COCC(F)(F)F)Nc1ccccc1OCC(F)(F)F. The van der Waals surface area contributed by atoms with E-state index in [1.165, 1.54) is 24.3 Å². The van der Waals surface area contributed by atoms with Crippen molar-refractivity contribution in [3.63, 3.8) is 0 Å². The van der Waals surface area contributed by atoms with Gasteiger partial charge in [0.25, 0.3) is 0 Å². The molecule has 0 bridgehead atoms. The van der Waals surface area contributed by atoms with Crippen molar-refractivity contribution < 1.29 is 40.6 Å². The van der Waals surface area contributed by atoms with Crippen LogP contribution in [0.15, 0.2) is 24.3 Å². The normalized spacial score (nSPS) is 12.1. The molecule has 0 saturated carbocycles. The van der Waals surface area contributed by atoms with Crippen molar-refractivity contribution in [3.8, 4) is 5.75 Å². The first kappa shape index (κ1) is 18.1. The third-order valence-electron chi connectivity index (χ3n) is 2.05. The molecule has 1 N–H and O–H groups in total. The maximum atomic E-state index is 12.1. The molecule has 0 aliphatic carbocycles. The zero-order valence-electron chi connectivity index (χ0n) is 10.9. The number of amides is 1. The quantitative estimate of drug-likeness (QED) is 0.815. The Labute approximate surface area is 121 Å². The Hall–Kier alpha value is -1.97. The molecule has 1 rings (SSSR count). The molecule has 0 unspecified atom stereocenters. The van der Waals surface area contributed by atoms with Crippen molar-refractivity contribution in [1.29, 1.82) is 0 Å². The van der Waals surface area contributed by atoms with E-state index in [4.69, 9.17) is 0 Å². The predicted molar refractivity (Wildman–Crippen MR) is 63.5 cm³/mol. The second kappa shape index (κ2) is 7.34. The number of ether oxygens (including phenoxy) is 2. The van der Waals surface area contributed by atoms with E-state index in [2.05, 4.69) is 14.8 Å². The summed E-state index contributed by atoms with van der Waals surface area (Å²) in [4.78, 5) is 11.4. The Kier molecular flexibility index (Phi) is 6.03. The first-order chi connectivity index (χ1) is 10.1. The van der Waals surface area contributed by atoms with Crippen LogP contribution in [0.5, 0.6) is 5.75 Å². The second-order valence-corrected chi connectivity index (χ2v) is 4.06. The number of nitrogens with one attached hydrogen (secondary N) is 1. The lowest BCUT2D eigenvalue weighted by molar-refractivity contribution is -0.174. The lowest BCUT2D eigenvalue weighted by Crippen LogP contribution is -2.24. The van der Waals surface area contributed by atoms with Gasteiger partial charge in [0.1, 0.15) is 19.0 Å². The van der Waals surface area contributed by atoms with Crippen molar-refractivity contribution in [2.24, 2.45) is 0 Å². The van der Waals surface area contributed by atoms with Crippen LogP contribution in [0, 0.1) is 0 Å². The summed E-state index contributed by atoms with van der Waals surface area (Å²) in [5.41, 5.74) is -0.104. The Morgan fingerprint density at radius 1 is 1.00 bits per heavy atom. The van der Waals surface area contributed by atoms with Crippen molar-refractivity contribution in [2.45, 2.75) is 12.4 Å². The number of alkyl halides is 6. The van der Waals surface area contributed by atoms with Gasteiger partial charge >= 0.3 is 12.4 Å². The number of rotatable bonds is 6. The van der Waals surface area contributed by atoms with Gasteiger partial charge in [0, 0.05) is 0 Å². The molecule has 124 valence electrons. The van der Waals surface area contributed by atoms with Crippen LogP contribution in [0.25, 0.3) is 0 Å². The molecule has 0 saturated heterocycles. The Morgan fingerprint density at radius 2 is 1.59 bits per heavy atom. The second-order valence-electron chi connectivity index (χ2n) is 4.06. The largest absolute Gasteiger partial charge is 0.482 e. The van der Waals surface area contributed by atoms with Gasteiger partial charge in [-0.1, -0.05) is 12.1 Å². The average Bonchev–Trinajstić information content (AvgIpc) is 2.35. The number of hydrogen-bond donors (Lipinski definition) is 1. The highest BCUT2D eigenvalue weighted by atomic mass is 19.4. The number of para-hydroxylation sites is 2. The van der Waals surface area contributed by atoms with Crippen LogP contribution in [0.2, 0.25) is 0 Å². The average molecular weight is 331 g/mol. The standard InChI is InChI=1S/C12H11F6NO3/c13-11(14,15)6-21-5-10(20)19-8-3-1-2-4-9(8)22-7-12(16,17)18/h1-4H,5-7H2,(H,19,20). The molecule has 22 heavy (non-hydrogen) atoms. The number of carbonyl (C=O) groups excluding carboxylic acids is 1. The van der Waals surface area contributed by atoms with Crippen LogP contribution in [0.3, 0.4) is 0 Å². The number of halogens is 6. The zero-order valence-corrected chi connectivity index (χ0v) is 10.9. The van der Waals surface area contributed by atoms with Crippen LogP contribution in [0.1, 0.15) is 0 Å². The third kappa shape index (κ3) is 7.72. The monoisotopic (exact) mass is 331 g/mol. The minimum atomic E-state index is -4.58. The predicted octanol–water partition coefficient (Wildman–Crippen LogP) is 3.15. The Bertz CT molecular complexity index is 500. The molecule has 0 fully saturated rings. The number of benzene rings is 1. The molecule has 0 atom stereocenters. The highest BCUT2D eigenvalue weighted by Crippen LogP contribution is 2.26. The molecule has 0 aliphatic rings. The van der Waals surface area contributed by atoms with E-state index in [1.807, 2.05) is 0 Å². The summed E-state index contributed by atoms with van der Waals surface area (Å²) in [6.45, 7) is -4.07. The summed E-state index contributed by atoms with van der Waals surface area (Å²) >= 11 is 0. The van der Waals surface area contributed by atoms with Crippen molar-refractivity contribution >= 4 is 11.6 Å². The highest BCUT2D eigenvalue weighted by Gasteiger charge is 2.29. The topological polar surface area (TPSA) is 47.6 Å². The van der Waals surface area contributed by atoms with Gasteiger partial charge in [-0.2, -0.15) is 26.3 Å². The van der Waals surface area contributed by atoms with E-state index >= 15 is 0 Å². The maximum absolute atomic E-state index is 12.1. The van der Waals surface area contributed by atoms with Gasteiger partial charge in [0.2, 0.25) is 5.91 Å². The summed E-state index contributed by atoms with van der Waals surface area (Å²) < 4.78 is 80.3. The van der Waals surface area contributed by atoms with Gasteiger partial charge in [0.05, 0.1) is 5.69 Å². The van der Waals surface area contributed by atoms with Gasteiger partial charge < -0.3 is 14.8 Å². The van der Waals surface area contributed by atoms with Crippen LogP contribution in [-0.2, 0) is 9.53 Å². The fourth-order valence-corrected chi connectivity index (χ4v) is 1.30. The summed E-state index contributed by atoms with van der Waals surface area (Å²) in [5.74, 6) is -1.21. The number of carbonyl (C=O) groups is 1. The molecule has 1 aromatic carbocycles. The highest BCUT2D eigenvalue weighted by molar-refractivity contribution is 5.93. The van der Waals surface area contributed by atoms with Gasteiger partial charge in [-0.05, 0) is 12.1 Å². The molecular formula is C12H11F6NO3. The molecule has 10 heteroatoms. The van der Waals surface area contributed by atoms with E-state index in [0.29, 0.717) is 0 Å². The minimum absolute atomic E-state index is 0.104. The number of anilines is 1. The first-order valence-electron chi connectivity index (χ1n) is 5.80.